The van der Waals surface area contributed by atoms with Gasteiger partial charge in [-0.3, -0.25) is 0 Å². The Kier molecular flexibility index (Phi) is 4.08. The van der Waals surface area contributed by atoms with E-state index in [4.69, 9.17) is 4.74 Å². The Hall–Kier alpha value is -1.99. The molecule has 1 fully saturated rings. The lowest BCUT2D eigenvalue weighted by molar-refractivity contribution is 0.122. The molecule has 0 atom stereocenters. The van der Waals surface area contributed by atoms with E-state index in [0.717, 1.165) is 24.3 Å². The zero-order valence-corrected chi connectivity index (χ0v) is 13.1. The van der Waals surface area contributed by atoms with Gasteiger partial charge in [-0.15, -0.1) is 0 Å². The van der Waals surface area contributed by atoms with Crippen molar-refractivity contribution in [3.05, 3.63) is 36.5 Å². The highest BCUT2D eigenvalue weighted by Gasteiger charge is 2.14. The predicted octanol–water partition coefficient (Wildman–Crippen LogP) is 1.38. The molecule has 6 nitrogen and oxygen atoms in total. The SMILES string of the molecule is CS(=O)(=O)c1ccc(-c2ccnc(N3CCOCC3)n2)cc1. The van der Waals surface area contributed by atoms with Gasteiger partial charge in [0.1, 0.15) is 0 Å². The fourth-order valence-corrected chi connectivity index (χ4v) is 2.93. The summed E-state index contributed by atoms with van der Waals surface area (Å²) in [5, 5.41) is 0. The summed E-state index contributed by atoms with van der Waals surface area (Å²) in [6.45, 7) is 2.90. The molecule has 22 heavy (non-hydrogen) atoms. The first kappa shape index (κ1) is 14.9. The molecule has 1 aromatic carbocycles. The second kappa shape index (κ2) is 6.02. The monoisotopic (exact) mass is 319 g/mol. The highest BCUT2D eigenvalue weighted by atomic mass is 32.2. The lowest BCUT2D eigenvalue weighted by atomic mass is 10.1. The van der Waals surface area contributed by atoms with E-state index in [1.807, 2.05) is 6.07 Å². The molecule has 116 valence electrons. The lowest BCUT2D eigenvalue weighted by Gasteiger charge is -2.26. The molecule has 1 saturated heterocycles. The summed E-state index contributed by atoms with van der Waals surface area (Å²) in [7, 11) is -3.18. The summed E-state index contributed by atoms with van der Waals surface area (Å²) >= 11 is 0. The van der Waals surface area contributed by atoms with Gasteiger partial charge in [-0.2, -0.15) is 0 Å². The van der Waals surface area contributed by atoms with Crippen LogP contribution in [0.1, 0.15) is 0 Å². The normalized spacial score (nSPS) is 15.8. The van der Waals surface area contributed by atoms with Crippen molar-refractivity contribution < 1.29 is 13.2 Å². The molecular weight excluding hydrogens is 302 g/mol. The number of hydrogen-bond donors (Lipinski definition) is 0. The van der Waals surface area contributed by atoms with Gasteiger partial charge in [0.15, 0.2) is 9.84 Å². The maximum absolute atomic E-state index is 11.5. The Morgan fingerprint density at radius 2 is 1.77 bits per heavy atom. The second-order valence-electron chi connectivity index (χ2n) is 5.14. The molecule has 2 aromatic rings. The van der Waals surface area contributed by atoms with Crippen LogP contribution in [0, 0.1) is 0 Å². The molecule has 0 amide bonds. The van der Waals surface area contributed by atoms with Crippen LogP contribution in [0.2, 0.25) is 0 Å². The van der Waals surface area contributed by atoms with Crippen LogP contribution in [0.4, 0.5) is 5.95 Å². The number of anilines is 1. The van der Waals surface area contributed by atoms with E-state index in [2.05, 4.69) is 14.9 Å². The van der Waals surface area contributed by atoms with Gasteiger partial charge in [0.2, 0.25) is 5.95 Å². The quantitative estimate of drug-likeness (QED) is 0.851. The summed E-state index contributed by atoms with van der Waals surface area (Å²) in [6.07, 6.45) is 2.92. The number of nitrogens with zero attached hydrogens (tertiary/aromatic N) is 3. The number of ether oxygens (including phenoxy) is 1. The molecule has 7 heteroatoms. The number of rotatable bonds is 3. The maximum Gasteiger partial charge on any atom is 0.226 e. The van der Waals surface area contributed by atoms with Crippen molar-refractivity contribution >= 4 is 15.8 Å². The topological polar surface area (TPSA) is 72.4 Å². The summed E-state index contributed by atoms with van der Waals surface area (Å²) in [6, 6.07) is 8.55. The molecule has 0 N–H and O–H groups in total. The van der Waals surface area contributed by atoms with E-state index in [1.165, 1.54) is 6.26 Å². The van der Waals surface area contributed by atoms with Crippen LogP contribution >= 0.6 is 0 Å². The first-order valence-electron chi connectivity index (χ1n) is 7.00. The third-order valence-corrected chi connectivity index (χ3v) is 4.64. The fraction of sp³-hybridized carbons (Fsp3) is 0.333. The first-order valence-corrected chi connectivity index (χ1v) is 8.89. The van der Waals surface area contributed by atoms with Crippen molar-refractivity contribution in [2.75, 3.05) is 37.5 Å². The van der Waals surface area contributed by atoms with E-state index >= 15 is 0 Å². The third-order valence-electron chi connectivity index (χ3n) is 3.52. The molecule has 0 unspecified atom stereocenters. The van der Waals surface area contributed by atoms with E-state index in [-0.39, 0.29) is 0 Å². The molecule has 1 aromatic heterocycles. The molecule has 1 aliphatic heterocycles. The molecule has 0 radical (unpaired) electrons. The molecule has 2 heterocycles. The zero-order valence-electron chi connectivity index (χ0n) is 12.3. The highest BCUT2D eigenvalue weighted by molar-refractivity contribution is 7.90. The van der Waals surface area contributed by atoms with Crippen LogP contribution in [0.5, 0.6) is 0 Å². The Labute approximate surface area is 129 Å². The minimum absolute atomic E-state index is 0.304. The maximum atomic E-state index is 11.5. The Morgan fingerprint density at radius 1 is 1.09 bits per heavy atom. The number of benzene rings is 1. The molecule has 1 aliphatic rings. The molecule has 0 aliphatic carbocycles. The van der Waals surface area contributed by atoms with Gasteiger partial charge >= 0.3 is 0 Å². The largest absolute Gasteiger partial charge is 0.378 e. The van der Waals surface area contributed by atoms with Crippen LogP contribution < -0.4 is 4.90 Å². The van der Waals surface area contributed by atoms with E-state index in [0.29, 0.717) is 24.1 Å². The van der Waals surface area contributed by atoms with Gasteiger partial charge in [-0.25, -0.2) is 18.4 Å². The van der Waals surface area contributed by atoms with Gasteiger partial charge in [0.05, 0.1) is 23.8 Å². The number of aromatic nitrogens is 2. The van der Waals surface area contributed by atoms with E-state index in [1.54, 1.807) is 30.5 Å². The average molecular weight is 319 g/mol. The fourth-order valence-electron chi connectivity index (χ4n) is 2.30. The predicted molar refractivity (Wildman–Crippen MR) is 83.6 cm³/mol. The summed E-state index contributed by atoms with van der Waals surface area (Å²) < 4.78 is 28.3. The Balaban J connectivity index is 1.88. The van der Waals surface area contributed by atoms with Crippen LogP contribution in [0.25, 0.3) is 11.3 Å². The number of sulfone groups is 1. The summed E-state index contributed by atoms with van der Waals surface area (Å²) in [4.78, 5) is 11.3. The van der Waals surface area contributed by atoms with Crippen LogP contribution in [0.15, 0.2) is 41.4 Å². The van der Waals surface area contributed by atoms with Gasteiger partial charge in [0.25, 0.3) is 0 Å². The van der Waals surface area contributed by atoms with Gasteiger partial charge in [0, 0.05) is 31.1 Å². The van der Waals surface area contributed by atoms with Crippen molar-refractivity contribution in [2.24, 2.45) is 0 Å². The van der Waals surface area contributed by atoms with Crippen molar-refractivity contribution in [2.45, 2.75) is 4.90 Å². The minimum atomic E-state index is -3.18. The number of morpholine rings is 1. The van der Waals surface area contributed by atoms with E-state index in [9.17, 15) is 8.42 Å². The van der Waals surface area contributed by atoms with Crippen LogP contribution in [-0.2, 0) is 14.6 Å². The molecule has 0 bridgehead atoms. The molecule has 0 saturated carbocycles. The van der Waals surface area contributed by atoms with Gasteiger partial charge < -0.3 is 9.64 Å². The molecular formula is C15H17N3O3S. The van der Waals surface area contributed by atoms with Crippen LogP contribution in [-0.4, -0.2) is 50.9 Å². The number of hydrogen-bond acceptors (Lipinski definition) is 6. The van der Waals surface area contributed by atoms with Crippen LogP contribution in [0.3, 0.4) is 0 Å². The van der Waals surface area contributed by atoms with Crippen molar-refractivity contribution in [1.82, 2.24) is 9.97 Å². The summed E-state index contributed by atoms with van der Waals surface area (Å²) in [5.41, 5.74) is 1.64. The second-order valence-corrected chi connectivity index (χ2v) is 7.15. The lowest BCUT2D eigenvalue weighted by Crippen LogP contribution is -2.37. The van der Waals surface area contributed by atoms with Crippen molar-refractivity contribution in [3.63, 3.8) is 0 Å². The standard InChI is InChI=1S/C15H17N3O3S/c1-22(19,20)13-4-2-12(3-5-13)14-6-7-16-15(17-14)18-8-10-21-11-9-18/h2-7H,8-11H2,1H3. The first-order chi connectivity index (χ1) is 10.5. The minimum Gasteiger partial charge on any atom is -0.378 e. The average Bonchev–Trinajstić information content (AvgIpc) is 2.55. The Morgan fingerprint density at radius 3 is 2.41 bits per heavy atom. The third kappa shape index (κ3) is 3.26. The van der Waals surface area contributed by atoms with Gasteiger partial charge in [-0.05, 0) is 18.2 Å². The summed E-state index contributed by atoms with van der Waals surface area (Å²) in [5.74, 6) is 0.674. The van der Waals surface area contributed by atoms with Crippen molar-refractivity contribution in [1.29, 1.82) is 0 Å². The Bertz CT molecular complexity index is 754. The molecule has 0 spiro atoms. The van der Waals surface area contributed by atoms with Crippen molar-refractivity contribution in [3.8, 4) is 11.3 Å². The zero-order chi connectivity index (χ0) is 15.6. The molecule has 3 rings (SSSR count). The highest BCUT2D eigenvalue weighted by Crippen LogP contribution is 2.21. The van der Waals surface area contributed by atoms with Gasteiger partial charge in [-0.1, -0.05) is 12.1 Å². The van der Waals surface area contributed by atoms with E-state index < -0.39 is 9.84 Å². The smallest absolute Gasteiger partial charge is 0.226 e.